The Balaban J connectivity index is 0.00000338. The Labute approximate surface area is 191 Å². The van der Waals surface area contributed by atoms with E-state index in [1.807, 2.05) is 56.3 Å². The van der Waals surface area contributed by atoms with Crippen molar-refractivity contribution in [2.24, 2.45) is 5.92 Å². The van der Waals surface area contributed by atoms with Crippen LogP contribution < -0.4 is 0 Å². The zero-order valence-electron chi connectivity index (χ0n) is 15.4. The largest absolute Gasteiger partial charge is 0.699 e. The number of aliphatic hydroxyl groups is 1. The Morgan fingerprint density at radius 2 is 1.69 bits per heavy atom. The maximum absolute atomic E-state index is 12.2. The van der Waals surface area contributed by atoms with Crippen LogP contribution in [0.3, 0.4) is 0 Å². The summed E-state index contributed by atoms with van der Waals surface area (Å²) in [4.78, 5) is 12.2. The molecule has 0 amide bonds. The van der Waals surface area contributed by atoms with Gasteiger partial charge in [-0.3, -0.25) is 4.79 Å². The van der Waals surface area contributed by atoms with Gasteiger partial charge in [-0.2, -0.15) is 0 Å². The summed E-state index contributed by atoms with van der Waals surface area (Å²) in [6.07, 6.45) is 1.11. The molecule has 0 saturated heterocycles. The zero-order chi connectivity index (χ0) is 18.3. The van der Waals surface area contributed by atoms with Crippen LogP contribution in [0, 0.1) is 50.0 Å². The Bertz CT molecular complexity index is 673. The number of carbonyl (C=O) groups is 1. The summed E-state index contributed by atoms with van der Waals surface area (Å²) in [6.45, 7) is 4.05. The van der Waals surface area contributed by atoms with E-state index in [-0.39, 0.29) is 69.0 Å². The van der Waals surface area contributed by atoms with E-state index in [0.29, 0.717) is 18.5 Å². The van der Waals surface area contributed by atoms with Crippen LogP contribution in [0.5, 0.6) is 0 Å². The maximum Gasteiger partial charge on any atom is 0.309 e. The fraction of sp³-hybridized carbons (Fsp3) is 0.381. The van der Waals surface area contributed by atoms with Crippen molar-refractivity contribution in [3.8, 4) is 0 Å². The van der Waals surface area contributed by atoms with E-state index in [1.54, 1.807) is 12.1 Å². The molecule has 5 heteroatoms. The molecule has 0 aliphatic heterocycles. The predicted molar refractivity (Wildman–Crippen MR) is 99.4 cm³/mol. The number of esters is 1. The van der Waals surface area contributed by atoms with Crippen LogP contribution >= 0.6 is 0 Å². The third-order valence-corrected chi connectivity index (χ3v) is 4.57. The number of hydrogen-bond acceptors (Lipinski definition) is 3. The van der Waals surface area contributed by atoms with Crippen LogP contribution in [0.1, 0.15) is 37.8 Å². The molecule has 2 N–H and O–H groups in total. The molecule has 1 unspecified atom stereocenters. The average Bonchev–Trinajstić information content (AvgIpc) is 2.60. The van der Waals surface area contributed by atoms with Gasteiger partial charge in [0.15, 0.2) is 0 Å². The Kier molecular flexibility index (Phi) is 9.86. The van der Waals surface area contributed by atoms with Crippen LogP contribution in [0.2, 0.25) is 0 Å². The van der Waals surface area contributed by atoms with Crippen LogP contribution in [-0.4, -0.2) is 16.7 Å². The summed E-state index contributed by atoms with van der Waals surface area (Å²) >= 11 is 0. The fourth-order valence-electron chi connectivity index (χ4n) is 2.65. The molecule has 1 atom stereocenters. The molecular weight excluding hydrogens is 541 g/mol. The van der Waals surface area contributed by atoms with Crippen LogP contribution in [0.4, 0.5) is 5.69 Å². The zero-order valence-corrected chi connectivity index (χ0v) is 20.2. The normalized spacial score (nSPS) is 12.9. The van der Waals surface area contributed by atoms with Crippen molar-refractivity contribution in [3.63, 3.8) is 0 Å². The predicted octanol–water partition coefficient (Wildman–Crippen LogP) is 4.82. The average molecular weight is 567 g/mol. The maximum atomic E-state index is 12.2. The second-order valence-electron chi connectivity index (χ2n) is 6.78. The first-order chi connectivity index (χ1) is 11.9. The molecule has 1 radical (unpaired) electrons. The molecule has 2 rings (SSSR count). The van der Waals surface area contributed by atoms with Gasteiger partial charge < -0.3 is 15.6 Å². The Morgan fingerprint density at radius 3 is 2.27 bits per heavy atom. The van der Waals surface area contributed by atoms with Crippen molar-refractivity contribution in [2.45, 2.75) is 45.3 Å². The first-order valence-corrected chi connectivity index (χ1v) is 8.61. The molecule has 0 aliphatic rings. The SMILES string of the molecule is CC(C)C(O)(CCc1ccc([NH-])cc1)CC(=O)OCc1ccccc1.[Ac]. The summed E-state index contributed by atoms with van der Waals surface area (Å²) in [6, 6.07) is 16.8. The number of carbonyl (C=O) groups excluding carboxylic acids is 1. The third kappa shape index (κ3) is 7.39. The fourth-order valence-corrected chi connectivity index (χ4v) is 2.65. The Hall–Kier alpha value is -0.888. The minimum atomic E-state index is -1.10. The van der Waals surface area contributed by atoms with Gasteiger partial charge >= 0.3 is 5.97 Å². The molecule has 137 valence electrons. The monoisotopic (exact) mass is 567 g/mol. The number of benzene rings is 2. The van der Waals surface area contributed by atoms with E-state index in [2.05, 4.69) is 0 Å². The number of ether oxygens (including phenoxy) is 1. The first-order valence-electron chi connectivity index (χ1n) is 8.61. The molecule has 0 spiro atoms. The number of aryl methyl sites for hydroxylation is 1. The molecule has 0 fully saturated rings. The van der Waals surface area contributed by atoms with E-state index in [0.717, 1.165) is 11.1 Å². The summed E-state index contributed by atoms with van der Waals surface area (Å²) in [5.41, 5.74) is 8.85. The van der Waals surface area contributed by atoms with Gasteiger partial charge in [0.1, 0.15) is 6.61 Å². The van der Waals surface area contributed by atoms with Crippen molar-refractivity contribution < 1.29 is 58.7 Å². The van der Waals surface area contributed by atoms with Gasteiger partial charge in [0, 0.05) is 44.1 Å². The summed E-state index contributed by atoms with van der Waals surface area (Å²) in [5.74, 6) is -0.450. The summed E-state index contributed by atoms with van der Waals surface area (Å²) in [5, 5.41) is 10.9. The molecule has 0 aromatic heterocycles. The molecule has 26 heavy (non-hydrogen) atoms. The third-order valence-electron chi connectivity index (χ3n) is 4.57. The topological polar surface area (TPSA) is 70.3 Å². The van der Waals surface area contributed by atoms with Crippen molar-refractivity contribution >= 4 is 11.7 Å². The van der Waals surface area contributed by atoms with E-state index >= 15 is 0 Å². The van der Waals surface area contributed by atoms with Crippen molar-refractivity contribution in [3.05, 3.63) is 71.5 Å². The Morgan fingerprint density at radius 1 is 1.08 bits per heavy atom. The van der Waals surface area contributed by atoms with Gasteiger partial charge in [-0.15, -0.1) is 5.69 Å². The molecule has 0 heterocycles. The second-order valence-corrected chi connectivity index (χ2v) is 6.78. The van der Waals surface area contributed by atoms with Crippen LogP contribution in [0.25, 0.3) is 5.73 Å². The van der Waals surface area contributed by atoms with Crippen molar-refractivity contribution in [2.75, 3.05) is 0 Å². The van der Waals surface area contributed by atoms with E-state index in [1.165, 1.54) is 0 Å². The van der Waals surface area contributed by atoms with Gasteiger partial charge in [0.2, 0.25) is 0 Å². The number of rotatable bonds is 8. The van der Waals surface area contributed by atoms with Gasteiger partial charge in [0.25, 0.3) is 0 Å². The molecule has 0 saturated carbocycles. The minimum Gasteiger partial charge on any atom is -0.699 e. The first kappa shape index (κ1) is 23.2. The molecule has 0 aliphatic carbocycles. The van der Waals surface area contributed by atoms with Crippen molar-refractivity contribution in [1.29, 1.82) is 0 Å². The van der Waals surface area contributed by atoms with Gasteiger partial charge in [-0.25, -0.2) is 0 Å². The second kappa shape index (κ2) is 11.1. The smallest absolute Gasteiger partial charge is 0.309 e. The molecule has 4 nitrogen and oxygen atoms in total. The van der Waals surface area contributed by atoms with Crippen LogP contribution in [-0.2, 0) is 22.6 Å². The molecule has 2 aromatic carbocycles. The minimum absolute atomic E-state index is 0. The summed E-state index contributed by atoms with van der Waals surface area (Å²) < 4.78 is 5.32. The van der Waals surface area contributed by atoms with E-state index in [4.69, 9.17) is 10.5 Å². The van der Waals surface area contributed by atoms with Gasteiger partial charge in [-0.1, -0.05) is 68.4 Å². The molecular formula is C21H26AcNO3-. The quantitative estimate of drug-likeness (QED) is 0.465. The van der Waals surface area contributed by atoms with Gasteiger partial charge in [0.05, 0.1) is 12.0 Å². The van der Waals surface area contributed by atoms with Crippen molar-refractivity contribution in [1.82, 2.24) is 0 Å². The molecule has 2 aromatic rings. The summed E-state index contributed by atoms with van der Waals surface area (Å²) in [7, 11) is 0. The van der Waals surface area contributed by atoms with E-state index in [9.17, 15) is 9.90 Å². The number of hydrogen-bond donors (Lipinski definition) is 1. The van der Waals surface area contributed by atoms with E-state index < -0.39 is 5.60 Å². The number of nitrogens with one attached hydrogen (secondary N) is 1. The standard InChI is InChI=1S/C21H26NO3.Ac/c1-16(2)21(24,13-12-17-8-10-19(22)11-9-17)14-20(23)25-15-18-6-4-3-5-7-18;/h3-11,16,22,24H,12-15H2,1-2H3;/q-1;. The van der Waals surface area contributed by atoms with Crippen LogP contribution in [0.15, 0.2) is 54.6 Å². The molecule has 0 bridgehead atoms. The van der Waals surface area contributed by atoms with Gasteiger partial charge in [-0.05, 0) is 29.9 Å².